The number of esters is 1. The van der Waals surface area contributed by atoms with Gasteiger partial charge in [-0.1, -0.05) is 52.3 Å². The molecule has 0 radical (unpaired) electrons. The third-order valence-corrected chi connectivity index (χ3v) is 3.20. The average Bonchev–Trinajstić information content (AvgIpc) is 2.46. The molecule has 1 rings (SSSR count). The van der Waals surface area contributed by atoms with E-state index in [2.05, 4.69) is 15.9 Å². The average molecular weight is 351 g/mol. The van der Waals surface area contributed by atoms with Gasteiger partial charge in [-0.2, -0.15) is 0 Å². The molecule has 0 heterocycles. The van der Waals surface area contributed by atoms with Crippen LogP contribution in [0.4, 0.5) is 0 Å². The van der Waals surface area contributed by atoms with Crippen molar-refractivity contribution in [3.05, 3.63) is 52.5 Å². The molecule has 3 nitrogen and oxygen atoms in total. The van der Waals surface area contributed by atoms with Gasteiger partial charge in [0.25, 0.3) is 0 Å². The van der Waals surface area contributed by atoms with E-state index >= 15 is 0 Å². The van der Waals surface area contributed by atoms with Crippen LogP contribution in [-0.4, -0.2) is 18.4 Å². The highest BCUT2D eigenvalue weighted by Crippen LogP contribution is 2.23. The standard InChI is InChI=1S/C17H19BrO3/c1-3-21-17(20)12-10-15(19)9-11-16(13(2)18)14-7-5-4-6-8-14/h4-9,11H,3,10,12H2,1-2H3. The van der Waals surface area contributed by atoms with E-state index in [1.54, 1.807) is 13.0 Å². The highest BCUT2D eigenvalue weighted by molar-refractivity contribution is 9.11. The van der Waals surface area contributed by atoms with Crippen LogP contribution < -0.4 is 0 Å². The Labute approximate surface area is 133 Å². The summed E-state index contributed by atoms with van der Waals surface area (Å²) in [6.07, 6.45) is 3.56. The zero-order chi connectivity index (χ0) is 15.7. The normalized spacial score (nSPS) is 12.1. The van der Waals surface area contributed by atoms with Gasteiger partial charge in [0.2, 0.25) is 0 Å². The van der Waals surface area contributed by atoms with Crippen molar-refractivity contribution in [3.8, 4) is 0 Å². The van der Waals surface area contributed by atoms with Gasteiger partial charge in [-0.05, 0) is 35.5 Å². The first-order chi connectivity index (χ1) is 10.0. The number of hydrogen-bond acceptors (Lipinski definition) is 3. The SMILES string of the molecule is CCOC(=O)CCC(=O)C=CC(=C(C)Br)c1ccccc1. The second-order valence-corrected chi connectivity index (χ2v) is 5.61. The smallest absolute Gasteiger partial charge is 0.306 e. The highest BCUT2D eigenvalue weighted by Gasteiger charge is 2.06. The molecule has 0 bridgehead atoms. The van der Waals surface area contributed by atoms with Gasteiger partial charge < -0.3 is 4.74 Å². The first kappa shape index (κ1) is 17.4. The largest absolute Gasteiger partial charge is 0.466 e. The fourth-order valence-corrected chi connectivity index (χ4v) is 2.11. The minimum Gasteiger partial charge on any atom is -0.466 e. The molecule has 0 aromatic heterocycles. The number of ketones is 1. The van der Waals surface area contributed by atoms with E-state index in [1.807, 2.05) is 37.3 Å². The molecule has 0 saturated heterocycles. The summed E-state index contributed by atoms with van der Waals surface area (Å²) in [6, 6.07) is 9.79. The van der Waals surface area contributed by atoms with Crippen LogP contribution in [0.15, 0.2) is 47.0 Å². The van der Waals surface area contributed by atoms with Crippen molar-refractivity contribution in [2.45, 2.75) is 26.7 Å². The second-order valence-electron chi connectivity index (χ2n) is 4.42. The third kappa shape index (κ3) is 6.54. The molecule has 0 amide bonds. The van der Waals surface area contributed by atoms with Crippen molar-refractivity contribution in [1.82, 2.24) is 0 Å². The number of halogens is 1. The summed E-state index contributed by atoms with van der Waals surface area (Å²) < 4.78 is 5.74. The minimum absolute atomic E-state index is 0.0924. The molecule has 0 N–H and O–H groups in total. The van der Waals surface area contributed by atoms with Gasteiger partial charge >= 0.3 is 5.97 Å². The van der Waals surface area contributed by atoms with Crippen LogP contribution in [0.5, 0.6) is 0 Å². The minimum atomic E-state index is -0.338. The first-order valence-electron chi connectivity index (χ1n) is 6.83. The van der Waals surface area contributed by atoms with E-state index in [4.69, 9.17) is 4.74 Å². The molecule has 0 fully saturated rings. The van der Waals surface area contributed by atoms with Gasteiger partial charge in [0.1, 0.15) is 0 Å². The predicted octanol–water partition coefficient (Wildman–Crippen LogP) is 4.28. The lowest BCUT2D eigenvalue weighted by molar-refractivity contribution is -0.144. The molecule has 0 unspecified atom stereocenters. The Balaban J connectivity index is 2.67. The van der Waals surface area contributed by atoms with Crippen molar-refractivity contribution >= 4 is 33.3 Å². The molecule has 4 heteroatoms. The molecule has 112 valence electrons. The molecule has 0 atom stereocenters. The Morgan fingerprint density at radius 1 is 1.14 bits per heavy atom. The Bertz CT molecular complexity index is 540. The van der Waals surface area contributed by atoms with Crippen molar-refractivity contribution < 1.29 is 14.3 Å². The summed E-state index contributed by atoms with van der Waals surface area (Å²) >= 11 is 3.45. The summed E-state index contributed by atoms with van der Waals surface area (Å²) in [5, 5.41) is 0. The lowest BCUT2D eigenvalue weighted by atomic mass is 10.0. The summed E-state index contributed by atoms with van der Waals surface area (Å²) in [6.45, 7) is 4.01. The molecule has 0 aliphatic heterocycles. The van der Waals surface area contributed by atoms with E-state index in [1.165, 1.54) is 6.08 Å². The molecular weight excluding hydrogens is 332 g/mol. The van der Waals surface area contributed by atoms with Crippen molar-refractivity contribution in [2.75, 3.05) is 6.61 Å². The Kier molecular flexibility index (Phi) is 7.69. The first-order valence-corrected chi connectivity index (χ1v) is 7.62. The molecule has 21 heavy (non-hydrogen) atoms. The number of ether oxygens (including phenoxy) is 1. The maximum absolute atomic E-state index is 11.8. The van der Waals surface area contributed by atoms with Crippen molar-refractivity contribution in [1.29, 1.82) is 0 Å². The van der Waals surface area contributed by atoms with E-state index in [-0.39, 0.29) is 24.6 Å². The number of hydrogen-bond donors (Lipinski definition) is 0. The molecule has 0 aliphatic rings. The van der Waals surface area contributed by atoms with Crippen molar-refractivity contribution in [2.24, 2.45) is 0 Å². The quantitative estimate of drug-likeness (QED) is 0.418. The van der Waals surface area contributed by atoms with Crippen molar-refractivity contribution in [3.63, 3.8) is 0 Å². The van der Waals surface area contributed by atoms with Gasteiger partial charge in [0.05, 0.1) is 13.0 Å². The molecule has 1 aromatic carbocycles. The second kappa shape index (κ2) is 9.29. The summed E-state index contributed by atoms with van der Waals surface area (Å²) in [5.41, 5.74) is 1.97. The predicted molar refractivity (Wildman–Crippen MR) is 88.0 cm³/mol. The number of rotatable bonds is 7. The van der Waals surface area contributed by atoms with Crippen LogP contribution in [0.1, 0.15) is 32.3 Å². The van der Waals surface area contributed by atoms with Gasteiger partial charge in [-0.3, -0.25) is 9.59 Å². The van der Waals surface area contributed by atoms with Crippen LogP contribution in [0.25, 0.3) is 5.57 Å². The number of carbonyl (C=O) groups excluding carboxylic acids is 2. The molecule has 0 spiro atoms. The monoisotopic (exact) mass is 350 g/mol. The Morgan fingerprint density at radius 2 is 1.81 bits per heavy atom. The van der Waals surface area contributed by atoms with Crippen LogP contribution in [0.3, 0.4) is 0 Å². The maximum atomic E-state index is 11.8. The summed E-state index contributed by atoms with van der Waals surface area (Å²) in [5.74, 6) is -0.431. The van der Waals surface area contributed by atoms with Gasteiger partial charge in [-0.25, -0.2) is 0 Å². The van der Waals surface area contributed by atoms with E-state index in [0.29, 0.717) is 6.61 Å². The van der Waals surface area contributed by atoms with Crippen LogP contribution in [-0.2, 0) is 14.3 Å². The maximum Gasteiger partial charge on any atom is 0.306 e. The number of allylic oxidation sites excluding steroid dienone is 4. The lowest BCUT2D eigenvalue weighted by Crippen LogP contribution is -2.06. The summed E-state index contributed by atoms with van der Waals surface area (Å²) in [7, 11) is 0. The van der Waals surface area contributed by atoms with Gasteiger partial charge in [0, 0.05) is 6.42 Å². The van der Waals surface area contributed by atoms with E-state index in [9.17, 15) is 9.59 Å². The van der Waals surface area contributed by atoms with Crippen LogP contribution in [0, 0.1) is 0 Å². The molecule has 0 aliphatic carbocycles. The van der Waals surface area contributed by atoms with Gasteiger partial charge in [0.15, 0.2) is 5.78 Å². The highest BCUT2D eigenvalue weighted by atomic mass is 79.9. The van der Waals surface area contributed by atoms with E-state index in [0.717, 1.165) is 15.6 Å². The zero-order valence-corrected chi connectivity index (χ0v) is 13.9. The molecule has 0 saturated carbocycles. The Morgan fingerprint density at radius 3 is 2.38 bits per heavy atom. The van der Waals surface area contributed by atoms with E-state index < -0.39 is 0 Å². The zero-order valence-electron chi connectivity index (χ0n) is 12.3. The third-order valence-electron chi connectivity index (χ3n) is 2.77. The topological polar surface area (TPSA) is 43.4 Å². The molecular formula is C17H19BrO3. The fourth-order valence-electron chi connectivity index (χ4n) is 1.75. The fraction of sp³-hybridized carbons (Fsp3) is 0.294. The van der Waals surface area contributed by atoms with Crippen LogP contribution in [0.2, 0.25) is 0 Å². The Hall–Kier alpha value is -1.68. The van der Waals surface area contributed by atoms with Crippen LogP contribution >= 0.6 is 15.9 Å². The van der Waals surface area contributed by atoms with Gasteiger partial charge in [-0.15, -0.1) is 0 Å². The molecule has 1 aromatic rings. The summed E-state index contributed by atoms with van der Waals surface area (Å²) in [4.78, 5) is 23.0. The number of carbonyl (C=O) groups is 2. The number of benzene rings is 1. The lowest BCUT2D eigenvalue weighted by Gasteiger charge is -2.04.